The van der Waals surface area contributed by atoms with Gasteiger partial charge in [0.2, 0.25) is 5.95 Å². The minimum Gasteiger partial charge on any atom is -0.368 e. The molecule has 0 aliphatic rings. The van der Waals surface area contributed by atoms with Gasteiger partial charge < -0.3 is 11.1 Å². The first kappa shape index (κ1) is 18.4. The first-order chi connectivity index (χ1) is 14.6. The van der Waals surface area contributed by atoms with Crippen molar-refractivity contribution in [2.24, 2.45) is 0 Å². The summed E-state index contributed by atoms with van der Waals surface area (Å²) < 4.78 is 0. The average molecular weight is 411 g/mol. The summed E-state index contributed by atoms with van der Waals surface area (Å²) in [5.74, 6) is 0.872. The number of hydrogen-bond donors (Lipinski definition) is 2. The fourth-order valence-electron chi connectivity index (χ4n) is 3.91. The maximum atomic E-state index is 6.50. The third-order valence-electron chi connectivity index (χ3n) is 5.12. The van der Waals surface area contributed by atoms with E-state index in [4.69, 9.17) is 17.3 Å². The van der Waals surface area contributed by atoms with Gasteiger partial charge in [0.15, 0.2) is 0 Å². The highest BCUT2D eigenvalue weighted by atomic mass is 35.5. The molecule has 1 heterocycles. The fraction of sp³-hybridized carbons (Fsp3) is 0.0400. The number of aryl methyl sites for hydroxylation is 1. The van der Waals surface area contributed by atoms with Crippen LogP contribution in [0.25, 0.3) is 32.7 Å². The highest BCUT2D eigenvalue weighted by molar-refractivity contribution is 6.31. The molecule has 0 saturated heterocycles. The lowest BCUT2D eigenvalue weighted by Crippen LogP contribution is -2.01. The molecule has 0 bridgehead atoms. The van der Waals surface area contributed by atoms with Crippen molar-refractivity contribution in [3.8, 4) is 11.1 Å². The molecule has 0 unspecified atom stereocenters. The quantitative estimate of drug-likeness (QED) is 0.323. The molecule has 0 radical (unpaired) electrons. The van der Waals surface area contributed by atoms with Gasteiger partial charge in [-0.15, -0.1) is 0 Å². The third kappa shape index (κ3) is 3.42. The zero-order valence-corrected chi connectivity index (χ0v) is 17.1. The molecule has 30 heavy (non-hydrogen) atoms. The summed E-state index contributed by atoms with van der Waals surface area (Å²) in [4.78, 5) is 8.39. The zero-order chi connectivity index (χ0) is 20.7. The topological polar surface area (TPSA) is 63.8 Å². The van der Waals surface area contributed by atoms with Crippen molar-refractivity contribution in [2.45, 2.75) is 6.92 Å². The number of nitrogens with two attached hydrogens (primary N) is 1. The van der Waals surface area contributed by atoms with E-state index in [0.29, 0.717) is 10.8 Å². The third-order valence-corrected chi connectivity index (χ3v) is 5.34. The van der Waals surface area contributed by atoms with Crippen molar-refractivity contribution in [1.82, 2.24) is 9.97 Å². The van der Waals surface area contributed by atoms with E-state index in [0.717, 1.165) is 22.5 Å². The Kier molecular flexibility index (Phi) is 4.49. The van der Waals surface area contributed by atoms with Crippen molar-refractivity contribution in [2.75, 3.05) is 11.1 Å². The minimum atomic E-state index is 0.236. The van der Waals surface area contributed by atoms with Gasteiger partial charge >= 0.3 is 0 Å². The Labute approximate surface area is 179 Å². The van der Waals surface area contributed by atoms with Crippen molar-refractivity contribution in [3.63, 3.8) is 0 Å². The molecule has 5 aromatic rings. The number of rotatable bonds is 3. The summed E-state index contributed by atoms with van der Waals surface area (Å²) >= 11 is 6.50. The summed E-state index contributed by atoms with van der Waals surface area (Å²) in [7, 11) is 0. The summed E-state index contributed by atoms with van der Waals surface area (Å²) in [6.45, 7) is 1.88. The molecule has 146 valence electrons. The van der Waals surface area contributed by atoms with E-state index in [-0.39, 0.29) is 5.95 Å². The van der Waals surface area contributed by atoms with Gasteiger partial charge in [-0.2, -0.15) is 4.98 Å². The monoisotopic (exact) mass is 410 g/mol. The van der Waals surface area contributed by atoms with Crippen LogP contribution in [0.4, 0.5) is 17.5 Å². The number of fused-ring (bicyclic) bond motifs is 3. The molecule has 0 spiro atoms. The number of benzene rings is 4. The van der Waals surface area contributed by atoms with Crippen LogP contribution in [-0.4, -0.2) is 9.97 Å². The van der Waals surface area contributed by atoms with E-state index in [1.165, 1.54) is 21.5 Å². The van der Waals surface area contributed by atoms with Crippen LogP contribution in [-0.2, 0) is 0 Å². The second-order valence-corrected chi connectivity index (χ2v) is 7.73. The van der Waals surface area contributed by atoms with Crippen molar-refractivity contribution in [3.05, 3.63) is 89.6 Å². The lowest BCUT2D eigenvalue weighted by Gasteiger charge is -2.14. The largest absolute Gasteiger partial charge is 0.368 e. The van der Waals surface area contributed by atoms with Crippen LogP contribution in [0.2, 0.25) is 5.02 Å². The zero-order valence-electron chi connectivity index (χ0n) is 16.4. The first-order valence-electron chi connectivity index (χ1n) is 9.66. The van der Waals surface area contributed by atoms with Gasteiger partial charge in [-0.3, -0.25) is 0 Å². The normalized spacial score (nSPS) is 11.1. The number of nitrogens with one attached hydrogen (secondary N) is 1. The SMILES string of the molecule is Cc1cc(Nc2cc(Cl)cc(-c3cc4ccccc4c4ccccc34)c2)nc(N)n1. The van der Waals surface area contributed by atoms with Crippen LogP contribution in [0.3, 0.4) is 0 Å². The minimum absolute atomic E-state index is 0.236. The van der Waals surface area contributed by atoms with Crippen LogP contribution in [0.5, 0.6) is 0 Å². The van der Waals surface area contributed by atoms with Gasteiger partial charge in [-0.1, -0.05) is 60.1 Å². The molecular weight excluding hydrogens is 392 g/mol. The fourth-order valence-corrected chi connectivity index (χ4v) is 4.15. The van der Waals surface area contributed by atoms with Gasteiger partial charge in [-0.25, -0.2) is 4.98 Å². The van der Waals surface area contributed by atoms with Crippen molar-refractivity contribution < 1.29 is 0 Å². The predicted octanol–water partition coefficient (Wildman–Crippen LogP) is 6.74. The highest BCUT2D eigenvalue weighted by Crippen LogP contribution is 2.37. The summed E-state index contributed by atoms with van der Waals surface area (Å²) in [5, 5.41) is 8.79. The molecule has 0 atom stereocenters. The van der Waals surface area contributed by atoms with Gasteiger partial charge in [-0.05, 0) is 63.9 Å². The van der Waals surface area contributed by atoms with E-state index in [1.54, 1.807) is 0 Å². The van der Waals surface area contributed by atoms with E-state index in [2.05, 4.69) is 75.9 Å². The molecule has 4 aromatic carbocycles. The van der Waals surface area contributed by atoms with Gasteiger partial charge in [0.05, 0.1) is 0 Å². The second kappa shape index (κ2) is 7.32. The average Bonchev–Trinajstić information content (AvgIpc) is 2.72. The Bertz CT molecular complexity index is 1390. The molecule has 5 rings (SSSR count). The van der Waals surface area contributed by atoms with E-state index in [1.807, 2.05) is 25.1 Å². The second-order valence-electron chi connectivity index (χ2n) is 7.30. The van der Waals surface area contributed by atoms with E-state index < -0.39 is 0 Å². The number of aromatic nitrogens is 2. The Morgan fingerprint density at radius 3 is 2.33 bits per heavy atom. The molecule has 1 aromatic heterocycles. The van der Waals surface area contributed by atoms with Crippen molar-refractivity contribution in [1.29, 1.82) is 0 Å². The number of halogens is 1. The number of anilines is 3. The number of hydrogen-bond acceptors (Lipinski definition) is 4. The number of nitrogen functional groups attached to an aromatic ring is 1. The maximum Gasteiger partial charge on any atom is 0.222 e. The summed E-state index contributed by atoms with van der Waals surface area (Å²) in [6.07, 6.45) is 0. The van der Waals surface area contributed by atoms with Crippen LogP contribution in [0, 0.1) is 6.92 Å². The van der Waals surface area contributed by atoms with Crippen molar-refractivity contribution >= 4 is 50.6 Å². The summed E-state index contributed by atoms with van der Waals surface area (Å²) in [5.41, 5.74) is 9.60. The molecule has 0 fully saturated rings. The Morgan fingerprint density at radius 1 is 0.800 bits per heavy atom. The van der Waals surface area contributed by atoms with Crippen LogP contribution in [0.15, 0.2) is 78.9 Å². The lowest BCUT2D eigenvalue weighted by atomic mass is 9.93. The highest BCUT2D eigenvalue weighted by Gasteiger charge is 2.10. The van der Waals surface area contributed by atoms with Crippen LogP contribution in [0.1, 0.15) is 5.69 Å². The van der Waals surface area contributed by atoms with E-state index in [9.17, 15) is 0 Å². The Hall–Kier alpha value is -3.63. The van der Waals surface area contributed by atoms with Gasteiger partial charge in [0, 0.05) is 22.5 Å². The molecule has 0 saturated carbocycles. The molecule has 5 heteroatoms. The van der Waals surface area contributed by atoms with Crippen LogP contribution < -0.4 is 11.1 Å². The maximum absolute atomic E-state index is 6.50. The van der Waals surface area contributed by atoms with Gasteiger partial charge in [0.1, 0.15) is 5.82 Å². The standard InChI is InChI=1S/C25H19ClN4/c1-15-10-24(30-25(27)28-15)29-19-12-17(11-18(26)14-19)23-13-16-6-2-3-7-20(16)21-8-4-5-9-22(21)23/h2-14H,1H3,(H3,27,28,29,30). The number of nitrogens with zero attached hydrogens (tertiary/aromatic N) is 2. The lowest BCUT2D eigenvalue weighted by molar-refractivity contribution is 1.12. The Balaban J connectivity index is 1.68. The molecule has 4 nitrogen and oxygen atoms in total. The van der Waals surface area contributed by atoms with E-state index >= 15 is 0 Å². The summed E-state index contributed by atoms with van der Waals surface area (Å²) in [6, 6.07) is 26.9. The molecule has 0 aliphatic heterocycles. The first-order valence-corrected chi connectivity index (χ1v) is 10.0. The smallest absolute Gasteiger partial charge is 0.222 e. The molecule has 0 amide bonds. The Morgan fingerprint density at radius 2 is 1.53 bits per heavy atom. The van der Waals surface area contributed by atoms with Gasteiger partial charge in [0.25, 0.3) is 0 Å². The van der Waals surface area contributed by atoms with Crippen LogP contribution >= 0.6 is 11.6 Å². The molecule has 3 N–H and O–H groups in total. The molecule has 0 aliphatic carbocycles. The molecular formula is C25H19ClN4. The predicted molar refractivity (Wildman–Crippen MR) is 126 cm³/mol.